The number of urea groups is 1. The molecule has 2 aromatic carbocycles. The summed E-state index contributed by atoms with van der Waals surface area (Å²) in [6, 6.07) is 11.9. The van der Waals surface area contributed by atoms with E-state index in [1.165, 1.54) is 24.3 Å². The molecular weight excluding hydrogens is 311 g/mol. The van der Waals surface area contributed by atoms with Crippen molar-refractivity contribution in [3.05, 3.63) is 65.5 Å². The molecule has 3 rings (SSSR count). The van der Waals surface area contributed by atoms with Crippen LogP contribution in [-0.4, -0.2) is 16.1 Å². The van der Waals surface area contributed by atoms with E-state index in [1.54, 1.807) is 6.08 Å². The van der Waals surface area contributed by atoms with Crippen LogP contribution in [0.4, 0.5) is 9.18 Å². The fourth-order valence-corrected chi connectivity index (χ4v) is 2.33. The molecule has 1 aromatic heterocycles. The molecule has 24 heavy (non-hydrogen) atoms. The molecule has 3 aromatic rings. The van der Waals surface area contributed by atoms with Gasteiger partial charge in [-0.3, -0.25) is 0 Å². The molecule has 0 aliphatic rings. The summed E-state index contributed by atoms with van der Waals surface area (Å²) in [4.78, 5) is 13.7. The van der Waals surface area contributed by atoms with Gasteiger partial charge in [-0.2, -0.15) is 0 Å². The summed E-state index contributed by atoms with van der Waals surface area (Å²) >= 11 is 0. The van der Waals surface area contributed by atoms with E-state index in [1.807, 2.05) is 24.3 Å². The first-order valence-electron chi connectivity index (χ1n) is 7.03. The lowest BCUT2D eigenvalue weighted by Gasteiger charge is -2.02. The van der Waals surface area contributed by atoms with Crippen LogP contribution in [0, 0.1) is 5.82 Å². The Morgan fingerprint density at radius 2 is 1.83 bits per heavy atom. The van der Waals surface area contributed by atoms with Crippen molar-refractivity contribution < 1.29 is 14.3 Å². The quantitative estimate of drug-likeness (QED) is 0.633. The van der Waals surface area contributed by atoms with Crippen molar-refractivity contribution >= 4 is 28.7 Å². The molecule has 0 saturated heterocycles. The third kappa shape index (κ3) is 3.14. The molecule has 7 heteroatoms. The maximum atomic E-state index is 13.1. The predicted octanol–water partition coefficient (Wildman–Crippen LogP) is 4.04. The zero-order valence-electron chi connectivity index (χ0n) is 12.4. The molecule has 0 fully saturated rings. The summed E-state index contributed by atoms with van der Waals surface area (Å²) < 4.78 is 13.1. The number of carbonyl (C=O) groups excluding carboxylic acids is 1. The number of hydrogen-bond donors (Lipinski definition) is 3. The van der Waals surface area contributed by atoms with Gasteiger partial charge < -0.3 is 15.8 Å². The van der Waals surface area contributed by atoms with Crippen LogP contribution in [0.15, 0.2) is 58.8 Å². The van der Waals surface area contributed by atoms with Crippen molar-refractivity contribution in [2.24, 2.45) is 16.0 Å². The number of benzene rings is 2. The van der Waals surface area contributed by atoms with Crippen LogP contribution >= 0.6 is 0 Å². The molecule has 0 saturated carbocycles. The van der Waals surface area contributed by atoms with E-state index in [0.717, 1.165) is 10.9 Å². The van der Waals surface area contributed by atoms with Gasteiger partial charge in [-0.15, -0.1) is 5.11 Å². The molecule has 2 amide bonds. The number of nitrogens with one attached hydrogen (secondary N) is 1. The van der Waals surface area contributed by atoms with E-state index in [2.05, 4.69) is 15.2 Å². The Morgan fingerprint density at radius 3 is 2.54 bits per heavy atom. The highest BCUT2D eigenvalue weighted by molar-refractivity contribution is 5.96. The molecule has 0 atom stereocenters. The molecule has 0 radical (unpaired) electrons. The number of fused-ring (bicyclic) bond motifs is 1. The van der Waals surface area contributed by atoms with Crippen LogP contribution in [-0.2, 0) is 0 Å². The van der Waals surface area contributed by atoms with Crippen molar-refractivity contribution in [3.8, 4) is 5.88 Å². The van der Waals surface area contributed by atoms with Gasteiger partial charge in [0.15, 0.2) is 5.88 Å². The van der Waals surface area contributed by atoms with E-state index in [9.17, 15) is 14.3 Å². The minimum absolute atomic E-state index is 0.0508. The molecule has 0 bridgehead atoms. The molecule has 120 valence electrons. The molecule has 0 spiro atoms. The maximum Gasteiger partial charge on any atom is 0.356 e. The monoisotopic (exact) mass is 324 g/mol. The Hall–Kier alpha value is -3.48. The normalized spacial score (nSPS) is 12.1. The summed E-state index contributed by atoms with van der Waals surface area (Å²) in [7, 11) is 0. The van der Waals surface area contributed by atoms with Crippen LogP contribution in [0.25, 0.3) is 22.7 Å². The summed E-state index contributed by atoms with van der Waals surface area (Å²) in [6.07, 6.45) is 1.55. The second-order valence-corrected chi connectivity index (χ2v) is 5.01. The van der Waals surface area contributed by atoms with Gasteiger partial charge in [0.25, 0.3) is 0 Å². The second kappa shape index (κ2) is 6.33. The van der Waals surface area contributed by atoms with Gasteiger partial charge in [-0.1, -0.05) is 23.3 Å². The minimum Gasteiger partial charge on any atom is -0.494 e. The maximum absolute atomic E-state index is 13.1. The first kappa shape index (κ1) is 15.4. The van der Waals surface area contributed by atoms with Crippen LogP contribution in [0.5, 0.6) is 5.88 Å². The number of azo groups is 1. The number of hydrogen-bond acceptors (Lipinski definition) is 3. The van der Waals surface area contributed by atoms with Crippen molar-refractivity contribution in [3.63, 3.8) is 0 Å². The van der Waals surface area contributed by atoms with Crippen LogP contribution in [0.3, 0.4) is 0 Å². The number of primary amides is 1. The Kier molecular flexibility index (Phi) is 4.07. The van der Waals surface area contributed by atoms with E-state index < -0.39 is 11.8 Å². The Labute approximate surface area is 136 Å². The number of halogens is 1. The minimum atomic E-state index is -0.953. The third-order valence-corrected chi connectivity index (χ3v) is 3.40. The van der Waals surface area contributed by atoms with Gasteiger partial charge >= 0.3 is 6.03 Å². The topological polar surface area (TPSA) is 104 Å². The number of rotatable bonds is 3. The highest BCUT2D eigenvalue weighted by atomic mass is 19.1. The summed E-state index contributed by atoms with van der Waals surface area (Å²) in [6.45, 7) is 0. The van der Waals surface area contributed by atoms with Crippen molar-refractivity contribution in [1.29, 1.82) is 0 Å². The SMILES string of the molecule is NC(=O)N=N/C(=C\c1c(O)[nH]c2ccccc12)c1ccc(F)cc1. The van der Waals surface area contributed by atoms with Crippen LogP contribution < -0.4 is 5.73 Å². The van der Waals surface area contributed by atoms with Crippen LogP contribution in [0.1, 0.15) is 11.1 Å². The van der Waals surface area contributed by atoms with E-state index >= 15 is 0 Å². The van der Waals surface area contributed by atoms with Gasteiger partial charge in [0, 0.05) is 22.0 Å². The smallest absolute Gasteiger partial charge is 0.356 e. The lowest BCUT2D eigenvalue weighted by molar-refractivity contribution is 0.255. The Morgan fingerprint density at radius 1 is 1.12 bits per heavy atom. The number of nitrogens with zero attached hydrogens (tertiary/aromatic N) is 2. The molecule has 6 nitrogen and oxygen atoms in total. The van der Waals surface area contributed by atoms with E-state index in [-0.39, 0.29) is 11.6 Å². The standard InChI is InChI=1S/C17H13FN4O2/c18-11-7-5-10(6-8-11)15(21-22-17(19)24)9-13-12-3-1-2-4-14(12)20-16(13)23/h1-9,20,23H,(H2,19,24)/b15-9-,22-21?. The highest BCUT2D eigenvalue weighted by Gasteiger charge is 2.11. The zero-order chi connectivity index (χ0) is 17.1. The van der Waals surface area contributed by atoms with E-state index in [4.69, 9.17) is 5.73 Å². The molecule has 1 heterocycles. The second-order valence-electron chi connectivity index (χ2n) is 5.01. The number of carbonyl (C=O) groups is 1. The zero-order valence-corrected chi connectivity index (χ0v) is 12.4. The number of aromatic amines is 1. The molecule has 0 unspecified atom stereocenters. The number of aromatic hydroxyl groups is 1. The molecular formula is C17H13FN4O2. The first-order chi connectivity index (χ1) is 11.5. The number of aromatic nitrogens is 1. The Balaban J connectivity index is 2.16. The van der Waals surface area contributed by atoms with Crippen molar-refractivity contribution in [2.45, 2.75) is 0 Å². The highest BCUT2D eigenvalue weighted by Crippen LogP contribution is 2.31. The molecule has 0 aliphatic carbocycles. The summed E-state index contributed by atoms with van der Waals surface area (Å²) in [5.74, 6) is -0.454. The molecule has 4 N–H and O–H groups in total. The predicted molar refractivity (Wildman–Crippen MR) is 88.7 cm³/mol. The van der Waals surface area contributed by atoms with Crippen molar-refractivity contribution in [1.82, 2.24) is 4.98 Å². The van der Waals surface area contributed by atoms with Crippen molar-refractivity contribution in [2.75, 3.05) is 0 Å². The summed E-state index contributed by atoms with van der Waals surface area (Å²) in [5, 5.41) is 18.0. The van der Waals surface area contributed by atoms with E-state index in [0.29, 0.717) is 11.1 Å². The largest absolute Gasteiger partial charge is 0.494 e. The first-order valence-corrected chi connectivity index (χ1v) is 7.03. The number of amides is 2. The van der Waals surface area contributed by atoms with Crippen LogP contribution in [0.2, 0.25) is 0 Å². The fraction of sp³-hybridized carbons (Fsp3) is 0. The van der Waals surface area contributed by atoms with Gasteiger partial charge in [0.05, 0.1) is 5.70 Å². The number of nitrogens with two attached hydrogens (primary N) is 1. The summed E-state index contributed by atoms with van der Waals surface area (Å²) in [5.41, 5.74) is 6.99. The van der Waals surface area contributed by atoms with Gasteiger partial charge in [-0.25, -0.2) is 9.18 Å². The fourth-order valence-electron chi connectivity index (χ4n) is 2.33. The van der Waals surface area contributed by atoms with Gasteiger partial charge in [0.2, 0.25) is 0 Å². The average Bonchev–Trinajstić information content (AvgIpc) is 2.87. The lowest BCUT2D eigenvalue weighted by Crippen LogP contribution is -2.02. The lowest BCUT2D eigenvalue weighted by atomic mass is 10.1. The Bertz CT molecular complexity index is 958. The number of para-hydroxylation sites is 1. The van der Waals surface area contributed by atoms with Gasteiger partial charge in [-0.05, 0) is 36.4 Å². The molecule has 0 aliphatic heterocycles. The number of H-pyrrole nitrogens is 1. The third-order valence-electron chi connectivity index (χ3n) is 3.40. The van der Waals surface area contributed by atoms with Gasteiger partial charge in [0.1, 0.15) is 5.82 Å². The average molecular weight is 324 g/mol.